The third-order valence-corrected chi connectivity index (χ3v) is 3.46. The molecule has 0 aliphatic heterocycles. The van der Waals surface area contributed by atoms with Crippen LogP contribution < -0.4 is 9.46 Å². The lowest BCUT2D eigenvalue weighted by atomic mass is 10.3. The predicted molar refractivity (Wildman–Crippen MR) is 62.5 cm³/mol. The molecule has 0 atom stereocenters. The summed E-state index contributed by atoms with van der Waals surface area (Å²) in [6, 6.07) is 5.41. The molecule has 0 aliphatic carbocycles. The number of nitrogens with zero attached hydrogens (tertiary/aromatic N) is 1. The molecule has 20 heavy (non-hydrogen) atoms. The van der Waals surface area contributed by atoms with Gasteiger partial charge in [-0.2, -0.15) is 5.10 Å². The Bertz CT molecular complexity index is 683. The standard InChI is InChI=1S/C10H8F3N3O3S/c11-10(12,13)19-7-2-1-3-8(6-7)20(17,18)16-9-4-5-14-15-9/h1-6H,(H2,14,15,16). The van der Waals surface area contributed by atoms with Gasteiger partial charge in [0.25, 0.3) is 10.0 Å². The van der Waals surface area contributed by atoms with Crippen LogP contribution in [0.5, 0.6) is 5.75 Å². The van der Waals surface area contributed by atoms with Crippen LogP contribution in [0.15, 0.2) is 41.4 Å². The third-order valence-electron chi connectivity index (χ3n) is 2.09. The summed E-state index contributed by atoms with van der Waals surface area (Å²) in [5.74, 6) is -0.530. The van der Waals surface area contributed by atoms with Crippen LogP contribution in [0, 0.1) is 0 Å². The van der Waals surface area contributed by atoms with Crippen molar-refractivity contribution in [3.05, 3.63) is 36.5 Å². The van der Waals surface area contributed by atoms with E-state index < -0.39 is 22.1 Å². The highest BCUT2D eigenvalue weighted by atomic mass is 32.2. The molecule has 10 heteroatoms. The number of nitrogens with one attached hydrogen (secondary N) is 2. The van der Waals surface area contributed by atoms with E-state index in [9.17, 15) is 21.6 Å². The summed E-state index contributed by atoms with van der Waals surface area (Å²) in [5.41, 5.74) is 0. The molecule has 0 aliphatic rings. The predicted octanol–water partition coefficient (Wildman–Crippen LogP) is 2.11. The second-order valence-electron chi connectivity index (χ2n) is 3.60. The molecule has 2 rings (SSSR count). The summed E-state index contributed by atoms with van der Waals surface area (Å²) in [5, 5.41) is 5.90. The molecular weight excluding hydrogens is 299 g/mol. The number of alkyl halides is 3. The first-order valence-corrected chi connectivity index (χ1v) is 6.63. The van der Waals surface area contributed by atoms with Crippen molar-refractivity contribution >= 4 is 15.8 Å². The molecular formula is C10H8F3N3O3S. The SMILES string of the molecule is O=S(=O)(Nc1ccn[nH]1)c1cccc(OC(F)(F)F)c1. The Balaban J connectivity index is 2.26. The minimum Gasteiger partial charge on any atom is -0.406 e. The zero-order valence-electron chi connectivity index (χ0n) is 9.68. The number of rotatable bonds is 4. The molecule has 0 spiro atoms. The molecule has 0 bridgehead atoms. The lowest BCUT2D eigenvalue weighted by molar-refractivity contribution is -0.274. The van der Waals surface area contributed by atoms with Gasteiger partial charge in [-0.05, 0) is 12.1 Å². The topological polar surface area (TPSA) is 84.1 Å². The van der Waals surface area contributed by atoms with Crippen molar-refractivity contribution in [3.8, 4) is 5.75 Å². The Kier molecular flexibility index (Phi) is 3.57. The molecule has 1 aromatic heterocycles. The molecule has 0 amide bonds. The number of hydrogen-bond acceptors (Lipinski definition) is 4. The van der Waals surface area contributed by atoms with Gasteiger partial charge >= 0.3 is 6.36 Å². The average molecular weight is 307 g/mol. The number of benzene rings is 1. The van der Waals surface area contributed by atoms with Crippen LogP contribution in [0.4, 0.5) is 19.0 Å². The van der Waals surface area contributed by atoms with Crippen LogP contribution in [-0.4, -0.2) is 25.0 Å². The lowest BCUT2D eigenvalue weighted by Gasteiger charge is -2.10. The summed E-state index contributed by atoms with van der Waals surface area (Å²) >= 11 is 0. The van der Waals surface area contributed by atoms with Gasteiger partial charge in [0.2, 0.25) is 0 Å². The first kappa shape index (κ1) is 14.2. The van der Waals surface area contributed by atoms with Gasteiger partial charge in [0.1, 0.15) is 11.6 Å². The van der Waals surface area contributed by atoms with Crippen LogP contribution in [0.2, 0.25) is 0 Å². The summed E-state index contributed by atoms with van der Waals surface area (Å²) in [7, 11) is -4.03. The molecule has 6 nitrogen and oxygen atoms in total. The van der Waals surface area contributed by atoms with Crippen molar-refractivity contribution in [2.45, 2.75) is 11.3 Å². The van der Waals surface area contributed by atoms with E-state index in [1.807, 2.05) is 0 Å². The number of H-pyrrole nitrogens is 1. The zero-order chi connectivity index (χ0) is 14.8. The molecule has 108 valence electrons. The Labute approximate surface area is 111 Å². The zero-order valence-corrected chi connectivity index (χ0v) is 10.5. The number of halogens is 3. The van der Waals surface area contributed by atoms with Crippen LogP contribution in [-0.2, 0) is 10.0 Å². The monoisotopic (exact) mass is 307 g/mol. The maximum Gasteiger partial charge on any atom is 0.573 e. The van der Waals surface area contributed by atoms with Gasteiger partial charge in [-0.15, -0.1) is 13.2 Å². The second kappa shape index (κ2) is 5.04. The van der Waals surface area contributed by atoms with Gasteiger partial charge in [-0.25, -0.2) is 8.42 Å². The molecule has 0 unspecified atom stereocenters. The minimum absolute atomic E-state index is 0.0899. The highest BCUT2D eigenvalue weighted by Crippen LogP contribution is 2.25. The van der Waals surface area contributed by atoms with Gasteiger partial charge in [-0.3, -0.25) is 9.82 Å². The van der Waals surface area contributed by atoms with Crippen LogP contribution in [0.25, 0.3) is 0 Å². The molecule has 1 aromatic carbocycles. The highest BCUT2D eigenvalue weighted by molar-refractivity contribution is 7.92. The third kappa shape index (κ3) is 3.63. The van der Waals surface area contributed by atoms with Gasteiger partial charge in [0, 0.05) is 12.1 Å². The van der Waals surface area contributed by atoms with Gasteiger partial charge in [0.15, 0.2) is 0 Å². The molecule has 0 radical (unpaired) electrons. The van der Waals surface area contributed by atoms with Crippen LogP contribution >= 0.6 is 0 Å². The van der Waals surface area contributed by atoms with Crippen molar-refractivity contribution in [2.75, 3.05) is 4.72 Å². The Hall–Kier alpha value is -2.23. The number of hydrogen-bond donors (Lipinski definition) is 2. The maximum atomic E-state index is 12.1. The van der Waals surface area contributed by atoms with E-state index in [2.05, 4.69) is 19.7 Å². The van der Waals surface area contributed by atoms with Crippen molar-refractivity contribution in [3.63, 3.8) is 0 Å². The number of sulfonamides is 1. The fraction of sp³-hybridized carbons (Fsp3) is 0.100. The largest absolute Gasteiger partial charge is 0.573 e. The summed E-state index contributed by atoms with van der Waals surface area (Å²) < 4.78 is 65.8. The van der Waals surface area contributed by atoms with E-state index in [-0.39, 0.29) is 10.7 Å². The Morgan fingerprint density at radius 3 is 2.60 bits per heavy atom. The van der Waals surface area contributed by atoms with Gasteiger partial charge < -0.3 is 4.74 Å². The van der Waals surface area contributed by atoms with E-state index >= 15 is 0 Å². The van der Waals surface area contributed by atoms with Crippen molar-refractivity contribution in [2.24, 2.45) is 0 Å². The molecule has 2 N–H and O–H groups in total. The normalized spacial score (nSPS) is 12.2. The molecule has 0 saturated heterocycles. The fourth-order valence-electron chi connectivity index (χ4n) is 1.35. The number of ether oxygens (including phenoxy) is 1. The summed E-state index contributed by atoms with van der Waals surface area (Å²) in [6.07, 6.45) is -3.57. The van der Waals surface area contributed by atoms with E-state index in [1.54, 1.807) is 0 Å². The van der Waals surface area contributed by atoms with E-state index in [0.29, 0.717) is 0 Å². The quantitative estimate of drug-likeness (QED) is 0.906. The second-order valence-corrected chi connectivity index (χ2v) is 5.28. The van der Waals surface area contributed by atoms with E-state index in [4.69, 9.17) is 0 Å². The fourth-order valence-corrected chi connectivity index (χ4v) is 2.40. The lowest BCUT2D eigenvalue weighted by Crippen LogP contribution is -2.18. The molecule has 0 fully saturated rings. The number of anilines is 1. The average Bonchev–Trinajstić information content (AvgIpc) is 2.79. The summed E-state index contributed by atoms with van der Waals surface area (Å²) in [6.45, 7) is 0. The number of aromatic amines is 1. The van der Waals surface area contributed by atoms with Gasteiger partial charge in [-0.1, -0.05) is 6.07 Å². The first-order chi connectivity index (χ1) is 9.26. The van der Waals surface area contributed by atoms with Crippen molar-refractivity contribution in [1.82, 2.24) is 10.2 Å². The van der Waals surface area contributed by atoms with Crippen molar-refractivity contribution in [1.29, 1.82) is 0 Å². The molecule has 0 saturated carbocycles. The molecule has 2 aromatic rings. The molecule has 1 heterocycles. The van der Waals surface area contributed by atoms with E-state index in [0.717, 1.165) is 24.3 Å². The van der Waals surface area contributed by atoms with Gasteiger partial charge in [0.05, 0.1) is 11.1 Å². The van der Waals surface area contributed by atoms with Crippen molar-refractivity contribution < 1.29 is 26.3 Å². The maximum absolute atomic E-state index is 12.1. The first-order valence-electron chi connectivity index (χ1n) is 5.14. The smallest absolute Gasteiger partial charge is 0.406 e. The highest BCUT2D eigenvalue weighted by Gasteiger charge is 2.31. The van der Waals surface area contributed by atoms with Crippen LogP contribution in [0.1, 0.15) is 0 Å². The number of aromatic nitrogens is 2. The van der Waals surface area contributed by atoms with Crippen LogP contribution in [0.3, 0.4) is 0 Å². The Morgan fingerprint density at radius 2 is 2.00 bits per heavy atom. The van der Waals surface area contributed by atoms with E-state index in [1.165, 1.54) is 12.3 Å². The minimum atomic E-state index is -4.89. The summed E-state index contributed by atoms with van der Waals surface area (Å²) in [4.78, 5) is -0.367. The Morgan fingerprint density at radius 1 is 1.25 bits per heavy atom.